The standard InChI is InChI=1S/C25H30ClN3O5S2/c1-25(2,3)22-19-7-5-17(15-16(19)9-12-29(22)24(31)32)28-13-10-20(23(28)30)27(4)36(33,34)14-11-18-6-8-21(26)35-18/h5-8,11,14-15,20,22H,9-10,12-13H2,1-4H3,(H,31,32)/b14-11+/t20-,22?/m0/s1. The van der Waals surface area contributed by atoms with Crippen molar-refractivity contribution in [1.82, 2.24) is 9.21 Å². The van der Waals surface area contributed by atoms with Crippen LogP contribution < -0.4 is 4.90 Å². The quantitative estimate of drug-likeness (QED) is 0.560. The summed E-state index contributed by atoms with van der Waals surface area (Å²) in [6.07, 6.45) is 1.47. The Morgan fingerprint density at radius 2 is 1.94 bits per heavy atom. The number of benzene rings is 1. The van der Waals surface area contributed by atoms with Gasteiger partial charge in [-0.3, -0.25) is 4.79 Å². The lowest BCUT2D eigenvalue weighted by atomic mass is 9.77. The summed E-state index contributed by atoms with van der Waals surface area (Å²) in [4.78, 5) is 29.0. The Labute approximate surface area is 220 Å². The number of carbonyl (C=O) groups excluding carboxylic acids is 1. The third-order valence-electron chi connectivity index (χ3n) is 6.75. The summed E-state index contributed by atoms with van der Waals surface area (Å²) in [5, 5.41) is 10.8. The number of nitrogens with zero attached hydrogens (tertiary/aromatic N) is 3. The van der Waals surface area contributed by atoms with Crippen LogP contribution in [-0.4, -0.2) is 60.9 Å². The van der Waals surface area contributed by atoms with Crippen LogP contribution in [0.5, 0.6) is 0 Å². The van der Waals surface area contributed by atoms with Gasteiger partial charge in [0.1, 0.15) is 6.04 Å². The van der Waals surface area contributed by atoms with E-state index in [-0.39, 0.29) is 17.4 Å². The molecular weight excluding hydrogens is 522 g/mol. The molecule has 36 heavy (non-hydrogen) atoms. The lowest BCUT2D eigenvalue weighted by molar-refractivity contribution is -0.120. The van der Waals surface area contributed by atoms with Crippen molar-refractivity contribution in [2.45, 2.75) is 45.7 Å². The molecule has 194 valence electrons. The van der Waals surface area contributed by atoms with Gasteiger partial charge in [-0.2, -0.15) is 4.31 Å². The van der Waals surface area contributed by atoms with Gasteiger partial charge in [-0.25, -0.2) is 13.2 Å². The molecule has 1 saturated heterocycles. The van der Waals surface area contributed by atoms with Gasteiger partial charge in [-0.1, -0.05) is 38.4 Å². The first-order valence-electron chi connectivity index (χ1n) is 11.6. The molecule has 2 aliphatic rings. The molecule has 2 aromatic rings. The maximum Gasteiger partial charge on any atom is 0.407 e. The number of halogens is 1. The molecule has 3 heterocycles. The molecule has 2 aliphatic heterocycles. The second-order valence-electron chi connectivity index (χ2n) is 10.2. The summed E-state index contributed by atoms with van der Waals surface area (Å²) in [6.45, 7) is 6.83. The minimum atomic E-state index is -3.82. The SMILES string of the molecule is CN([C@H]1CCN(c2ccc3c(c2)CCN(C(=O)O)C3C(C)(C)C)C1=O)S(=O)(=O)/C=C/c1ccc(Cl)s1. The first-order valence-corrected chi connectivity index (χ1v) is 14.3. The zero-order chi connectivity index (χ0) is 26.4. The maximum atomic E-state index is 13.3. The molecule has 8 nitrogen and oxygen atoms in total. The van der Waals surface area contributed by atoms with Crippen LogP contribution in [0, 0.1) is 5.41 Å². The van der Waals surface area contributed by atoms with Crippen LogP contribution in [0.2, 0.25) is 4.34 Å². The third kappa shape index (κ3) is 5.18. The van der Waals surface area contributed by atoms with Crippen LogP contribution in [0.15, 0.2) is 35.7 Å². The number of carbonyl (C=O) groups is 2. The number of rotatable bonds is 5. The highest BCUT2D eigenvalue weighted by Crippen LogP contribution is 2.43. The van der Waals surface area contributed by atoms with Gasteiger partial charge in [0.15, 0.2) is 0 Å². The van der Waals surface area contributed by atoms with E-state index in [1.165, 1.54) is 29.4 Å². The second kappa shape index (κ2) is 9.81. The van der Waals surface area contributed by atoms with E-state index in [4.69, 9.17) is 11.6 Å². The first-order chi connectivity index (χ1) is 16.8. The van der Waals surface area contributed by atoms with Crippen molar-refractivity contribution in [3.63, 3.8) is 0 Å². The average Bonchev–Trinajstić information content (AvgIpc) is 3.40. The minimum Gasteiger partial charge on any atom is -0.465 e. The molecule has 0 bridgehead atoms. The fourth-order valence-corrected chi connectivity index (χ4v) is 7.13. The van der Waals surface area contributed by atoms with Gasteiger partial charge in [0.2, 0.25) is 15.9 Å². The van der Waals surface area contributed by atoms with Crippen molar-refractivity contribution in [3.05, 3.63) is 56.1 Å². The summed E-state index contributed by atoms with van der Waals surface area (Å²) in [7, 11) is -2.39. The van der Waals surface area contributed by atoms with Crippen LogP contribution >= 0.6 is 22.9 Å². The smallest absolute Gasteiger partial charge is 0.407 e. The number of sulfonamides is 1. The topological polar surface area (TPSA) is 98.2 Å². The zero-order valence-electron chi connectivity index (χ0n) is 20.6. The molecule has 0 radical (unpaired) electrons. The van der Waals surface area contributed by atoms with Gasteiger partial charge < -0.3 is 14.9 Å². The van der Waals surface area contributed by atoms with Crippen molar-refractivity contribution in [2.24, 2.45) is 5.41 Å². The van der Waals surface area contributed by atoms with E-state index in [2.05, 4.69) is 0 Å². The lowest BCUT2D eigenvalue weighted by Gasteiger charge is -2.43. The van der Waals surface area contributed by atoms with Gasteiger partial charge >= 0.3 is 6.09 Å². The predicted molar refractivity (Wildman–Crippen MR) is 143 cm³/mol. The Balaban J connectivity index is 1.54. The number of likely N-dealkylation sites (N-methyl/N-ethyl adjacent to an activating group) is 1. The Hall–Kier alpha value is -2.40. The van der Waals surface area contributed by atoms with E-state index in [0.717, 1.165) is 20.8 Å². The second-order valence-corrected chi connectivity index (χ2v) is 13.8. The summed E-state index contributed by atoms with van der Waals surface area (Å²) in [5.74, 6) is -0.274. The normalized spacial score (nSPS) is 21.0. The molecule has 2 atom stereocenters. The fourth-order valence-electron chi connectivity index (χ4n) is 5.02. The molecule has 0 aliphatic carbocycles. The number of amides is 2. The lowest BCUT2D eigenvalue weighted by Crippen LogP contribution is -2.45. The van der Waals surface area contributed by atoms with Crippen LogP contribution in [-0.2, 0) is 21.2 Å². The Morgan fingerprint density at radius 3 is 2.56 bits per heavy atom. The van der Waals surface area contributed by atoms with Crippen LogP contribution in [0.25, 0.3) is 6.08 Å². The van der Waals surface area contributed by atoms with E-state index in [9.17, 15) is 23.1 Å². The van der Waals surface area contributed by atoms with Crippen molar-refractivity contribution >= 4 is 56.7 Å². The molecule has 2 amide bonds. The van der Waals surface area contributed by atoms with Crippen molar-refractivity contribution in [3.8, 4) is 0 Å². The molecule has 1 aromatic heterocycles. The van der Waals surface area contributed by atoms with Crippen molar-refractivity contribution in [1.29, 1.82) is 0 Å². The number of thiophene rings is 1. The van der Waals surface area contributed by atoms with Crippen molar-refractivity contribution in [2.75, 3.05) is 25.0 Å². The highest BCUT2D eigenvalue weighted by molar-refractivity contribution is 7.92. The van der Waals surface area contributed by atoms with Crippen LogP contribution in [0.1, 0.15) is 49.2 Å². The maximum absolute atomic E-state index is 13.3. The molecular formula is C25H30ClN3O5S2. The van der Waals surface area contributed by atoms with Crippen molar-refractivity contribution < 1.29 is 23.1 Å². The molecule has 0 spiro atoms. The summed E-state index contributed by atoms with van der Waals surface area (Å²) in [6, 6.07) is 8.02. The van der Waals surface area contributed by atoms with Gasteiger partial charge in [0, 0.05) is 36.1 Å². The molecule has 1 fully saturated rings. The highest BCUT2D eigenvalue weighted by atomic mass is 35.5. The Bertz CT molecular complexity index is 1320. The van der Waals surface area contributed by atoms with Crippen LogP contribution in [0.3, 0.4) is 0 Å². The number of fused-ring (bicyclic) bond motifs is 1. The molecule has 0 saturated carbocycles. The first kappa shape index (κ1) is 26.7. The monoisotopic (exact) mass is 551 g/mol. The van der Waals surface area contributed by atoms with Crippen LogP contribution in [0.4, 0.5) is 10.5 Å². The Kier molecular flexibility index (Phi) is 7.27. The predicted octanol–water partition coefficient (Wildman–Crippen LogP) is 5.06. The van der Waals surface area contributed by atoms with E-state index in [1.807, 2.05) is 39.0 Å². The van der Waals surface area contributed by atoms with E-state index in [0.29, 0.717) is 40.8 Å². The van der Waals surface area contributed by atoms with E-state index in [1.54, 1.807) is 17.0 Å². The number of hydrogen-bond acceptors (Lipinski definition) is 5. The molecule has 1 aromatic carbocycles. The summed E-state index contributed by atoms with van der Waals surface area (Å²) in [5.41, 5.74) is 2.36. The zero-order valence-corrected chi connectivity index (χ0v) is 23.0. The van der Waals surface area contributed by atoms with Gasteiger partial charge in [-0.05, 0) is 59.7 Å². The molecule has 1 N–H and O–H groups in total. The van der Waals surface area contributed by atoms with Gasteiger partial charge in [-0.15, -0.1) is 11.3 Å². The van der Waals surface area contributed by atoms with E-state index < -0.39 is 22.2 Å². The molecule has 1 unspecified atom stereocenters. The molecule has 11 heteroatoms. The molecule has 4 rings (SSSR count). The third-order valence-corrected chi connectivity index (χ3v) is 9.48. The highest BCUT2D eigenvalue weighted by Gasteiger charge is 2.41. The average molecular weight is 552 g/mol. The summed E-state index contributed by atoms with van der Waals surface area (Å²) >= 11 is 7.18. The number of carboxylic acid groups (broad SMARTS) is 1. The van der Waals surface area contributed by atoms with Gasteiger partial charge in [0.25, 0.3) is 0 Å². The number of hydrogen-bond donors (Lipinski definition) is 1. The fraction of sp³-hybridized carbons (Fsp3) is 0.440. The minimum absolute atomic E-state index is 0.274. The number of anilines is 1. The van der Waals surface area contributed by atoms with Gasteiger partial charge in [0.05, 0.1) is 10.4 Å². The Morgan fingerprint density at radius 1 is 1.22 bits per heavy atom. The van der Waals surface area contributed by atoms with E-state index >= 15 is 0 Å². The summed E-state index contributed by atoms with van der Waals surface area (Å²) < 4.78 is 27.5. The largest absolute Gasteiger partial charge is 0.465 e.